The number of carbonyl (C=O) groups is 6. The van der Waals surface area contributed by atoms with Gasteiger partial charge in [-0.3, -0.25) is 29.0 Å². The lowest BCUT2D eigenvalue weighted by Gasteiger charge is -2.42. The maximum absolute atomic E-state index is 14.7. The maximum Gasteiger partial charge on any atom is 0.340 e. The van der Waals surface area contributed by atoms with Crippen molar-refractivity contribution in [1.82, 2.24) is 4.98 Å². The first-order valence-corrected chi connectivity index (χ1v) is 16.7. The molecule has 1 aromatic rings. The standard InChI is InChI=1S/C37H49NO12/c1-11-20(2)33(43)49-32-28-29(47-24(6)40)22(4)17-27(46-23(5)39)31(48-34(44)26-13-12-16-38-18-26)35(8,9)15-14-21(3)30(42)37(28,50-25(7)41)19-36(32,10)45/h12-16,18,20-21,27-29,31-32,45H,4,11,17,19H2,1-3,5-10H3. The van der Waals surface area contributed by atoms with E-state index in [1.807, 2.05) is 0 Å². The Bertz CT molecular complexity index is 1520. The van der Waals surface area contributed by atoms with Crippen LogP contribution in [0.4, 0.5) is 0 Å². The normalized spacial score (nSPS) is 31.6. The van der Waals surface area contributed by atoms with Crippen LogP contribution in [-0.4, -0.2) is 81.3 Å². The van der Waals surface area contributed by atoms with Gasteiger partial charge in [0.25, 0.3) is 0 Å². The Balaban J connectivity index is 2.35. The number of ether oxygens (including phenoxy) is 5. The van der Waals surface area contributed by atoms with E-state index in [-0.39, 0.29) is 17.6 Å². The second-order valence-corrected chi connectivity index (χ2v) is 14.2. The number of esters is 5. The van der Waals surface area contributed by atoms with Gasteiger partial charge < -0.3 is 28.8 Å². The highest BCUT2D eigenvalue weighted by atomic mass is 16.6. The summed E-state index contributed by atoms with van der Waals surface area (Å²) in [6.07, 6.45) is 0.0224. The molecule has 0 saturated heterocycles. The van der Waals surface area contributed by atoms with Crippen molar-refractivity contribution in [3.8, 4) is 0 Å². The first-order chi connectivity index (χ1) is 23.2. The molecule has 1 heterocycles. The molecule has 13 nitrogen and oxygen atoms in total. The summed E-state index contributed by atoms with van der Waals surface area (Å²) < 4.78 is 29.4. The molecule has 1 saturated carbocycles. The van der Waals surface area contributed by atoms with Crippen molar-refractivity contribution in [2.45, 2.75) is 117 Å². The summed E-state index contributed by atoms with van der Waals surface area (Å²) in [5, 5.41) is 11.9. The molecule has 274 valence electrons. The number of hydrogen-bond donors (Lipinski definition) is 1. The van der Waals surface area contributed by atoms with Crippen LogP contribution in [0.15, 0.2) is 48.8 Å². The van der Waals surface area contributed by atoms with Crippen molar-refractivity contribution in [2.75, 3.05) is 0 Å². The van der Waals surface area contributed by atoms with Crippen LogP contribution in [0.2, 0.25) is 0 Å². The third kappa shape index (κ3) is 8.85. The molecule has 13 heteroatoms. The van der Waals surface area contributed by atoms with Crippen molar-refractivity contribution < 1.29 is 57.6 Å². The van der Waals surface area contributed by atoms with E-state index < -0.39 is 101 Å². The molecule has 0 spiro atoms. The Hall–Kier alpha value is -4.39. The van der Waals surface area contributed by atoms with Gasteiger partial charge in [-0.25, -0.2) is 4.79 Å². The lowest BCUT2D eigenvalue weighted by atomic mass is 9.72. The van der Waals surface area contributed by atoms with Gasteiger partial charge in [-0.1, -0.05) is 53.3 Å². The molecule has 1 N–H and O–H groups in total. The SMILES string of the molecule is C=C1CC(OC(C)=O)C(OC(=O)c2cccnc2)C(C)(C)C=CC(C)C(=O)C2(OC(C)=O)CC(C)(O)C(OC(=O)C(C)CC)C2C1OC(C)=O. The Kier molecular flexibility index (Phi) is 12.5. The molecule has 0 bridgehead atoms. The van der Waals surface area contributed by atoms with Crippen LogP contribution in [-0.2, 0) is 47.7 Å². The van der Waals surface area contributed by atoms with E-state index in [0.717, 1.165) is 13.8 Å². The van der Waals surface area contributed by atoms with Crippen LogP contribution >= 0.6 is 0 Å². The molecular formula is C37H49NO12. The molecule has 0 radical (unpaired) electrons. The van der Waals surface area contributed by atoms with Crippen LogP contribution in [0.25, 0.3) is 0 Å². The van der Waals surface area contributed by atoms with Crippen molar-refractivity contribution in [3.63, 3.8) is 0 Å². The molecule has 2 aliphatic rings. The fourth-order valence-electron chi connectivity index (χ4n) is 6.78. The quantitative estimate of drug-likeness (QED) is 0.231. The largest absolute Gasteiger partial charge is 0.458 e. The average molecular weight is 700 g/mol. The van der Waals surface area contributed by atoms with Crippen LogP contribution < -0.4 is 0 Å². The minimum atomic E-state index is -2.19. The maximum atomic E-state index is 14.7. The van der Waals surface area contributed by atoms with Gasteiger partial charge in [0.1, 0.15) is 30.0 Å². The predicted octanol–water partition coefficient (Wildman–Crippen LogP) is 4.25. The summed E-state index contributed by atoms with van der Waals surface area (Å²) >= 11 is 0. The number of rotatable bonds is 8. The number of fused-ring (bicyclic) bond motifs is 1. The van der Waals surface area contributed by atoms with Gasteiger partial charge in [0.2, 0.25) is 0 Å². The second-order valence-electron chi connectivity index (χ2n) is 14.2. The smallest absolute Gasteiger partial charge is 0.340 e. The van der Waals surface area contributed by atoms with Gasteiger partial charge in [0.15, 0.2) is 11.4 Å². The fraction of sp³-hybridized carbons (Fsp3) is 0.595. The lowest BCUT2D eigenvalue weighted by Crippen LogP contribution is -2.57. The van der Waals surface area contributed by atoms with Crippen LogP contribution in [0.1, 0.15) is 91.9 Å². The minimum Gasteiger partial charge on any atom is -0.458 e. The third-order valence-electron chi connectivity index (χ3n) is 9.33. The highest BCUT2D eigenvalue weighted by molar-refractivity contribution is 5.94. The topological polar surface area (TPSA) is 182 Å². The van der Waals surface area contributed by atoms with Gasteiger partial charge in [0.05, 0.1) is 17.4 Å². The Labute approximate surface area is 292 Å². The third-order valence-corrected chi connectivity index (χ3v) is 9.33. The van der Waals surface area contributed by atoms with Gasteiger partial charge in [-0.05, 0) is 31.1 Å². The Morgan fingerprint density at radius 2 is 1.64 bits per heavy atom. The van der Waals surface area contributed by atoms with E-state index in [1.54, 1.807) is 46.8 Å². The number of pyridine rings is 1. The van der Waals surface area contributed by atoms with Crippen molar-refractivity contribution in [3.05, 3.63) is 54.4 Å². The number of ketones is 1. The predicted molar refractivity (Wildman–Crippen MR) is 178 cm³/mol. The molecule has 0 amide bonds. The van der Waals surface area contributed by atoms with E-state index in [9.17, 15) is 33.9 Å². The molecule has 2 aliphatic carbocycles. The fourth-order valence-corrected chi connectivity index (χ4v) is 6.78. The summed E-state index contributed by atoms with van der Waals surface area (Å²) in [4.78, 5) is 83.5. The first kappa shape index (κ1) is 40.0. The molecule has 1 aromatic heterocycles. The van der Waals surface area contributed by atoms with Crippen LogP contribution in [0.5, 0.6) is 0 Å². The minimum absolute atomic E-state index is 0.0403. The van der Waals surface area contributed by atoms with Crippen LogP contribution in [0.3, 0.4) is 0 Å². The Morgan fingerprint density at radius 3 is 2.18 bits per heavy atom. The first-order valence-electron chi connectivity index (χ1n) is 16.7. The zero-order chi connectivity index (χ0) is 37.8. The van der Waals surface area contributed by atoms with Gasteiger partial charge in [-0.2, -0.15) is 0 Å². The number of hydrogen-bond acceptors (Lipinski definition) is 13. The molecule has 1 fully saturated rings. The molecule has 9 unspecified atom stereocenters. The average Bonchev–Trinajstić information content (AvgIpc) is 3.24. The summed E-state index contributed by atoms with van der Waals surface area (Å²) in [5.74, 6) is -7.69. The number of carbonyl (C=O) groups excluding carboxylic acids is 6. The summed E-state index contributed by atoms with van der Waals surface area (Å²) in [6, 6.07) is 3.06. The summed E-state index contributed by atoms with van der Waals surface area (Å²) in [7, 11) is 0. The lowest BCUT2D eigenvalue weighted by molar-refractivity contribution is -0.188. The van der Waals surface area contributed by atoms with Crippen molar-refractivity contribution >= 4 is 35.6 Å². The zero-order valence-electron chi connectivity index (χ0n) is 30.2. The van der Waals surface area contributed by atoms with E-state index in [1.165, 1.54) is 38.4 Å². The number of aromatic nitrogens is 1. The molecule has 0 aromatic carbocycles. The van der Waals surface area contributed by atoms with E-state index >= 15 is 0 Å². The zero-order valence-corrected chi connectivity index (χ0v) is 30.2. The molecule has 50 heavy (non-hydrogen) atoms. The highest BCUT2D eigenvalue weighted by Crippen LogP contribution is 2.52. The molecule has 3 rings (SSSR count). The highest BCUT2D eigenvalue weighted by Gasteiger charge is 2.70. The summed E-state index contributed by atoms with van der Waals surface area (Å²) in [5.41, 5.74) is -5.11. The van der Waals surface area contributed by atoms with Crippen molar-refractivity contribution in [1.29, 1.82) is 0 Å². The second kappa shape index (κ2) is 15.7. The number of nitrogens with zero attached hydrogens (tertiary/aromatic N) is 1. The van der Waals surface area contributed by atoms with Crippen LogP contribution in [0, 0.1) is 23.2 Å². The molecule has 0 aliphatic heterocycles. The van der Waals surface area contributed by atoms with Gasteiger partial charge >= 0.3 is 29.8 Å². The summed E-state index contributed by atoms with van der Waals surface area (Å²) in [6.45, 7) is 17.3. The molecular weight excluding hydrogens is 650 g/mol. The number of allylic oxidation sites excluding steroid dienone is 1. The van der Waals surface area contributed by atoms with E-state index in [4.69, 9.17) is 23.7 Å². The number of Topliss-reactive ketones (excluding diaryl/α,β-unsaturated/α-hetero) is 1. The van der Waals surface area contributed by atoms with Gasteiger partial charge in [-0.15, -0.1) is 0 Å². The number of aliphatic hydroxyl groups is 1. The Morgan fingerprint density at radius 1 is 1.00 bits per heavy atom. The van der Waals surface area contributed by atoms with E-state index in [2.05, 4.69) is 11.6 Å². The van der Waals surface area contributed by atoms with Crippen molar-refractivity contribution in [2.24, 2.45) is 23.2 Å². The monoisotopic (exact) mass is 699 g/mol. The molecule has 9 atom stereocenters. The van der Waals surface area contributed by atoms with Gasteiger partial charge in [0, 0.05) is 57.3 Å². The van der Waals surface area contributed by atoms with E-state index in [0.29, 0.717) is 6.42 Å².